The lowest BCUT2D eigenvalue weighted by molar-refractivity contribution is -0.187. The molecule has 0 aromatic carbocycles. The molecular formula is C17H28N4O7S. The number of likely N-dealkylation sites (N-methyl/N-ethyl adjacent to an activating group) is 1. The predicted molar refractivity (Wildman–Crippen MR) is 101 cm³/mol. The Bertz CT molecular complexity index is 786. The summed E-state index contributed by atoms with van der Waals surface area (Å²) in [6.07, 6.45) is 2.14. The highest BCUT2D eigenvalue weighted by atomic mass is 32.2. The fourth-order valence-corrected chi connectivity index (χ4v) is 4.67. The predicted octanol–water partition coefficient (Wildman–Crippen LogP) is -2.04. The van der Waals surface area contributed by atoms with E-state index in [0.29, 0.717) is 39.1 Å². The maximum atomic E-state index is 12.8. The first kappa shape index (κ1) is 21.9. The second-order valence-corrected chi connectivity index (χ2v) is 9.91. The van der Waals surface area contributed by atoms with Gasteiger partial charge in [-0.15, -0.1) is 0 Å². The fraction of sp³-hybridized carbons (Fsp3) is 0.824. The van der Waals surface area contributed by atoms with E-state index in [9.17, 15) is 22.8 Å². The number of sulfonamides is 1. The lowest BCUT2D eigenvalue weighted by Crippen LogP contribution is -2.68. The molecule has 0 saturated carbocycles. The van der Waals surface area contributed by atoms with Crippen molar-refractivity contribution in [2.75, 3.05) is 59.2 Å². The Kier molecular flexibility index (Phi) is 5.91. The number of rotatable bonds is 4. The SMILES string of the molecule is CN1C(=O)CN(S(C)(=O)=O)CC1(C)C(=O)NCC(=O)N1CCC2(CC1)OCCO2. The maximum absolute atomic E-state index is 12.8. The van der Waals surface area contributed by atoms with Crippen molar-refractivity contribution in [1.29, 1.82) is 0 Å². The number of nitrogens with zero attached hydrogens (tertiary/aromatic N) is 3. The van der Waals surface area contributed by atoms with Crippen LogP contribution in [0.3, 0.4) is 0 Å². The van der Waals surface area contributed by atoms with Gasteiger partial charge in [0.15, 0.2) is 5.79 Å². The summed E-state index contributed by atoms with van der Waals surface area (Å²) in [7, 11) is -2.19. The smallest absolute Gasteiger partial charge is 0.247 e. The van der Waals surface area contributed by atoms with Crippen LogP contribution >= 0.6 is 0 Å². The number of likely N-dealkylation sites (tertiary alicyclic amines) is 1. The number of piperidine rings is 1. The van der Waals surface area contributed by atoms with Crippen LogP contribution in [0.15, 0.2) is 0 Å². The summed E-state index contributed by atoms with van der Waals surface area (Å²) in [5.74, 6) is -1.90. The van der Waals surface area contributed by atoms with Crippen LogP contribution in [0.1, 0.15) is 19.8 Å². The molecule has 1 atom stereocenters. The van der Waals surface area contributed by atoms with Crippen molar-refractivity contribution in [2.24, 2.45) is 0 Å². The molecular weight excluding hydrogens is 404 g/mol. The molecule has 1 unspecified atom stereocenters. The molecule has 0 bridgehead atoms. The highest BCUT2D eigenvalue weighted by Gasteiger charge is 2.48. The molecule has 3 aliphatic heterocycles. The van der Waals surface area contributed by atoms with Gasteiger partial charge in [-0.1, -0.05) is 0 Å². The topological polar surface area (TPSA) is 126 Å². The number of carbonyl (C=O) groups excluding carboxylic acids is 3. The second-order valence-electron chi connectivity index (χ2n) is 7.93. The van der Waals surface area contributed by atoms with Crippen LogP contribution in [0.2, 0.25) is 0 Å². The fourth-order valence-electron chi connectivity index (χ4n) is 3.84. The van der Waals surface area contributed by atoms with Crippen molar-refractivity contribution < 1.29 is 32.3 Å². The molecule has 12 heteroatoms. The summed E-state index contributed by atoms with van der Waals surface area (Å²) in [4.78, 5) is 40.4. The molecule has 3 fully saturated rings. The summed E-state index contributed by atoms with van der Waals surface area (Å²) in [6.45, 7) is 2.81. The Morgan fingerprint density at radius 2 is 1.76 bits per heavy atom. The molecule has 3 rings (SSSR count). The Morgan fingerprint density at radius 3 is 2.31 bits per heavy atom. The maximum Gasteiger partial charge on any atom is 0.247 e. The minimum Gasteiger partial charge on any atom is -0.347 e. The van der Waals surface area contributed by atoms with E-state index in [4.69, 9.17) is 9.47 Å². The van der Waals surface area contributed by atoms with Crippen LogP contribution in [0.4, 0.5) is 0 Å². The summed E-state index contributed by atoms with van der Waals surface area (Å²) in [5, 5.41) is 2.57. The number of ether oxygens (including phenoxy) is 2. The number of piperazine rings is 1. The summed E-state index contributed by atoms with van der Waals surface area (Å²) in [6, 6.07) is 0. The van der Waals surface area contributed by atoms with E-state index in [1.165, 1.54) is 18.9 Å². The van der Waals surface area contributed by atoms with Gasteiger partial charge in [0, 0.05) is 39.5 Å². The third-order valence-corrected chi connectivity index (χ3v) is 7.16. The van der Waals surface area contributed by atoms with Crippen LogP contribution in [0, 0.1) is 0 Å². The summed E-state index contributed by atoms with van der Waals surface area (Å²) in [5.41, 5.74) is -1.41. The third kappa shape index (κ3) is 4.39. The van der Waals surface area contributed by atoms with Crippen molar-refractivity contribution in [3.63, 3.8) is 0 Å². The van der Waals surface area contributed by atoms with E-state index < -0.39 is 33.2 Å². The number of nitrogens with one attached hydrogen (secondary N) is 1. The van der Waals surface area contributed by atoms with E-state index in [0.717, 1.165) is 10.6 Å². The average Bonchev–Trinajstić information content (AvgIpc) is 3.11. The molecule has 3 saturated heterocycles. The van der Waals surface area contributed by atoms with Crippen LogP contribution in [0.25, 0.3) is 0 Å². The minimum atomic E-state index is -3.64. The Labute approximate surface area is 170 Å². The second kappa shape index (κ2) is 7.82. The first-order valence-electron chi connectivity index (χ1n) is 9.53. The highest BCUT2D eigenvalue weighted by molar-refractivity contribution is 7.88. The minimum absolute atomic E-state index is 0.172. The molecule has 0 aromatic rings. The standard InChI is InChI=1S/C17H28N4O7S/c1-16(12-21(29(3,25)26)11-14(23)19(16)2)15(24)18-10-13(22)20-6-4-17(5-7-20)27-8-9-28-17/h4-12H2,1-3H3,(H,18,24). The lowest BCUT2D eigenvalue weighted by atomic mass is 9.96. The average molecular weight is 432 g/mol. The van der Waals surface area contributed by atoms with Gasteiger partial charge < -0.3 is 24.6 Å². The van der Waals surface area contributed by atoms with Gasteiger partial charge in [0.2, 0.25) is 27.7 Å². The van der Waals surface area contributed by atoms with Crippen molar-refractivity contribution in [2.45, 2.75) is 31.1 Å². The summed E-state index contributed by atoms with van der Waals surface area (Å²) < 4.78 is 36.0. The van der Waals surface area contributed by atoms with Gasteiger partial charge in [-0.25, -0.2) is 8.42 Å². The molecule has 11 nitrogen and oxygen atoms in total. The molecule has 0 radical (unpaired) electrons. The monoisotopic (exact) mass is 432 g/mol. The van der Waals surface area contributed by atoms with E-state index in [1.54, 1.807) is 4.90 Å². The van der Waals surface area contributed by atoms with Crippen molar-refractivity contribution in [3.8, 4) is 0 Å². The number of carbonyl (C=O) groups is 3. The van der Waals surface area contributed by atoms with Crippen LogP contribution in [-0.4, -0.2) is 111 Å². The van der Waals surface area contributed by atoms with Gasteiger partial charge in [-0.3, -0.25) is 14.4 Å². The van der Waals surface area contributed by atoms with Crippen LogP contribution in [-0.2, 0) is 33.9 Å². The zero-order valence-electron chi connectivity index (χ0n) is 17.0. The Hall–Kier alpha value is -1.76. The molecule has 3 aliphatic rings. The van der Waals surface area contributed by atoms with Gasteiger partial charge in [0.05, 0.1) is 32.6 Å². The molecule has 1 spiro atoms. The summed E-state index contributed by atoms with van der Waals surface area (Å²) >= 11 is 0. The van der Waals surface area contributed by atoms with E-state index in [-0.39, 0.29) is 25.5 Å². The Morgan fingerprint density at radius 1 is 1.17 bits per heavy atom. The molecule has 0 aromatic heterocycles. The number of amides is 3. The van der Waals surface area contributed by atoms with Crippen LogP contribution < -0.4 is 5.32 Å². The first-order valence-corrected chi connectivity index (χ1v) is 11.4. The zero-order valence-corrected chi connectivity index (χ0v) is 17.8. The molecule has 3 heterocycles. The largest absolute Gasteiger partial charge is 0.347 e. The number of hydrogen-bond acceptors (Lipinski definition) is 7. The first-order chi connectivity index (χ1) is 13.5. The molecule has 0 aliphatic carbocycles. The van der Waals surface area contributed by atoms with Gasteiger partial charge in [-0.2, -0.15) is 4.31 Å². The highest BCUT2D eigenvalue weighted by Crippen LogP contribution is 2.31. The zero-order chi connectivity index (χ0) is 21.4. The number of hydrogen-bond donors (Lipinski definition) is 1. The van der Waals surface area contributed by atoms with Crippen molar-refractivity contribution >= 4 is 27.7 Å². The molecule has 3 amide bonds. The van der Waals surface area contributed by atoms with Gasteiger partial charge >= 0.3 is 0 Å². The molecule has 29 heavy (non-hydrogen) atoms. The van der Waals surface area contributed by atoms with Gasteiger partial charge in [0.1, 0.15) is 5.54 Å². The Balaban J connectivity index is 1.57. The quantitative estimate of drug-likeness (QED) is 0.542. The normalized spacial score (nSPS) is 28.0. The van der Waals surface area contributed by atoms with Gasteiger partial charge in [-0.05, 0) is 6.92 Å². The van der Waals surface area contributed by atoms with Crippen molar-refractivity contribution in [3.05, 3.63) is 0 Å². The molecule has 1 N–H and O–H groups in total. The van der Waals surface area contributed by atoms with E-state index >= 15 is 0 Å². The van der Waals surface area contributed by atoms with Crippen LogP contribution in [0.5, 0.6) is 0 Å². The van der Waals surface area contributed by atoms with Gasteiger partial charge in [0.25, 0.3) is 0 Å². The van der Waals surface area contributed by atoms with Crippen molar-refractivity contribution in [1.82, 2.24) is 19.4 Å². The third-order valence-electron chi connectivity index (χ3n) is 5.96. The lowest BCUT2D eigenvalue weighted by Gasteiger charge is -2.44. The molecule has 164 valence electrons. The van der Waals surface area contributed by atoms with E-state index in [2.05, 4.69) is 5.32 Å². The van der Waals surface area contributed by atoms with E-state index in [1.807, 2.05) is 0 Å².